The largest absolute Gasteiger partial charge is 0.350 e. The molecule has 1 aliphatic heterocycles. The summed E-state index contributed by atoms with van der Waals surface area (Å²) < 4.78 is 27.3. The normalized spacial score (nSPS) is 17.3. The van der Waals surface area contributed by atoms with Crippen LogP contribution in [0.25, 0.3) is 0 Å². The molecular formula is C22H29N3O3S. The van der Waals surface area contributed by atoms with E-state index in [1.54, 1.807) is 24.3 Å². The summed E-state index contributed by atoms with van der Waals surface area (Å²) in [6.07, 6.45) is 2.22. The van der Waals surface area contributed by atoms with Crippen LogP contribution in [0, 0.1) is 6.92 Å². The van der Waals surface area contributed by atoms with E-state index < -0.39 is 10.0 Å². The van der Waals surface area contributed by atoms with Crippen molar-refractivity contribution in [3.05, 3.63) is 59.7 Å². The number of hydrogen-bond donors (Lipinski definition) is 1. The Morgan fingerprint density at radius 2 is 1.93 bits per heavy atom. The van der Waals surface area contributed by atoms with Gasteiger partial charge in [0, 0.05) is 25.2 Å². The Bertz CT molecular complexity index is 958. The van der Waals surface area contributed by atoms with Crippen LogP contribution >= 0.6 is 0 Å². The quantitative estimate of drug-likeness (QED) is 0.755. The second-order valence-electron chi connectivity index (χ2n) is 7.47. The van der Waals surface area contributed by atoms with Gasteiger partial charge in [-0.3, -0.25) is 14.0 Å². The van der Waals surface area contributed by atoms with Crippen LogP contribution in [0.4, 0.5) is 5.69 Å². The molecule has 156 valence electrons. The topological polar surface area (TPSA) is 69.7 Å². The number of likely N-dealkylation sites (tertiary alicyclic amines) is 1. The molecule has 0 spiro atoms. The molecule has 2 aromatic rings. The zero-order valence-electron chi connectivity index (χ0n) is 17.3. The van der Waals surface area contributed by atoms with Crippen molar-refractivity contribution in [3.63, 3.8) is 0 Å². The van der Waals surface area contributed by atoms with Crippen molar-refractivity contribution in [2.24, 2.45) is 0 Å². The summed E-state index contributed by atoms with van der Waals surface area (Å²) in [6, 6.07) is 13.8. The Morgan fingerprint density at radius 1 is 1.21 bits per heavy atom. The number of benzene rings is 2. The molecule has 1 atom stereocenters. The summed E-state index contributed by atoms with van der Waals surface area (Å²) in [7, 11) is -2.24. The monoisotopic (exact) mass is 415 g/mol. The van der Waals surface area contributed by atoms with Gasteiger partial charge >= 0.3 is 0 Å². The van der Waals surface area contributed by atoms with Crippen LogP contribution in [-0.2, 0) is 10.0 Å². The summed E-state index contributed by atoms with van der Waals surface area (Å²) >= 11 is 0. The van der Waals surface area contributed by atoms with Crippen LogP contribution < -0.4 is 9.62 Å². The van der Waals surface area contributed by atoms with E-state index in [0.717, 1.165) is 31.5 Å². The predicted molar refractivity (Wildman–Crippen MR) is 116 cm³/mol. The Kier molecular flexibility index (Phi) is 6.59. The Hall–Kier alpha value is -2.38. The number of aryl methyl sites for hydroxylation is 1. The second kappa shape index (κ2) is 8.97. The summed E-state index contributed by atoms with van der Waals surface area (Å²) in [6.45, 7) is 6.69. The van der Waals surface area contributed by atoms with Crippen molar-refractivity contribution in [1.29, 1.82) is 0 Å². The third-order valence-corrected chi connectivity index (χ3v) is 7.34. The van der Waals surface area contributed by atoms with Crippen LogP contribution in [0.1, 0.15) is 35.7 Å². The van der Waals surface area contributed by atoms with Gasteiger partial charge in [0.25, 0.3) is 15.9 Å². The van der Waals surface area contributed by atoms with Crippen molar-refractivity contribution in [2.75, 3.05) is 31.0 Å². The fraction of sp³-hybridized carbons (Fsp3) is 0.409. The maximum Gasteiger partial charge on any atom is 0.264 e. The van der Waals surface area contributed by atoms with Crippen molar-refractivity contribution in [1.82, 2.24) is 10.2 Å². The van der Waals surface area contributed by atoms with Gasteiger partial charge in [-0.1, -0.05) is 30.7 Å². The highest BCUT2D eigenvalue weighted by atomic mass is 32.2. The minimum atomic E-state index is -3.76. The highest BCUT2D eigenvalue weighted by molar-refractivity contribution is 7.92. The average molecular weight is 416 g/mol. The minimum Gasteiger partial charge on any atom is -0.350 e. The van der Waals surface area contributed by atoms with Gasteiger partial charge in [-0.2, -0.15) is 0 Å². The number of anilines is 1. The molecule has 0 radical (unpaired) electrons. The van der Waals surface area contributed by atoms with Crippen LogP contribution in [0.3, 0.4) is 0 Å². The highest BCUT2D eigenvalue weighted by Gasteiger charge is 2.25. The first-order chi connectivity index (χ1) is 13.8. The van der Waals surface area contributed by atoms with Gasteiger partial charge in [-0.05, 0) is 63.2 Å². The number of carbonyl (C=O) groups is 1. The third kappa shape index (κ3) is 4.79. The van der Waals surface area contributed by atoms with Gasteiger partial charge in [0.05, 0.1) is 10.6 Å². The van der Waals surface area contributed by atoms with Crippen molar-refractivity contribution >= 4 is 21.6 Å². The average Bonchev–Trinajstić information content (AvgIpc) is 3.19. The number of amides is 1. The molecule has 1 amide bonds. The summed E-state index contributed by atoms with van der Waals surface area (Å²) in [5.74, 6) is -0.247. The third-order valence-electron chi connectivity index (χ3n) is 5.56. The number of likely N-dealkylation sites (N-methyl/N-ethyl adjacent to an activating group) is 1. The predicted octanol–water partition coefficient (Wildman–Crippen LogP) is 3.03. The van der Waals surface area contributed by atoms with Crippen LogP contribution in [0.15, 0.2) is 53.4 Å². The van der Waals surface area contributed by atoms with Gasteiger partial charge in [-0.25, -0.2) is 8.42 Å². The lowest BCUT2D eigenvalue weighted by Gasteiger charge is -2.23. The number of sulfonamides is 1. The maximum absolute atomic E-state index is 13.0. The second-order valence-corrected chi connectivity index (χ2v) is 9.44. The number of rotatable bonds is 7. The van der Waals surface area contributed by atoms with E-state index in [0.29, 0.717) is 23.8 Å². The standard InChI is InChI=1S/C22H29N3O3S/c1-4-25-14-6-8-20(25)16-23-22(26)18-7-5-9-21(15-18)29(27,28)24(3)19-12-10-17(2)11-13-19/h5,7,9-13,15,20H,4,6,8,14,16H2,1-3H3,(H,23,26)/t20-/m0/s1. The molecule has 1 N–H and O–H groups in total. The lowest BCUT2D eigenvalue weighted by Crippen LogP contribution is -2.40. The lowest BCUT2D eigenvalue weighted by molar-refractivity contribution is 0.0941. The molecule has 0 unspecified atom stereocenters. The molecule has 0 saturated carbocycles. The molecule has 1 heterocycles. The van der Waals surface area contributed by atoms with E-state index >= 15 is 0 Å². The van der Waals surface area contributed by atoms with E-state index in [4.69, 9.17) is 0 Å². The minimum absolute atomic E-state index is 0.101. The molecule has 29 heavy (non-hydrogen) atoms. The number of hydrogen-bond acceptors (Lipinski definition) is 4. The molecule has 1 fully saturated rings. The zero-order valence-corrected chi connectivity index (χ0v) is 18.1. The van der Waals surface area contributed by atoms with Crippen molar-refractivity contribution < 1.29 is 13.2 Å². The van der Waals surface area contributed by atoms with E-state index in [-0.39, 0.29) is 10.8 Å². The van der Waals surface area contributed by atoms with Gasteiger partial charge in [-0.15, -0.1) is 0 Å². The van der Waals surface area contributed by atoms with E-state index in [2.05, 4.69) is 17.1 Å². The van der Waals surface area contributed by atoms with Crippen LogP contribution in [0.2, 0.25) is 0 Å². The fourth-order valence-electron chi connectivity index (χ4n) is 3.70. The van der Waals surface area contributed by atoms with E-state index in [1.807, 2.05) is 19.1 Å². The molecule has 0 aromatic heterocycles. The molecule has 1 aliphatic rings. The van der Waals surface area contributed by atoms with Crippen LogP contribution in [-0.4, -0.2) is 51.9 Å². The SMILES string of the molecule is CCN1CCC[C@H]1CNC(=O)c1cccc(S(=O)(=O)N(C)c2ccc(C)cc2)c1. The summed E-state index contributed by atoms with van der Waals surface area (Å²) in [5, 5.41) is 2.96. The molecule has 2 aromatic carbocycles. The van der Waals surface area contributed by atoms with E-state index in [9.17, 15) is 13.2 Å². The molecule has 3 rings (SSSR count). The molecule has 7 heteroatoms. The molecule has 0 bridgehead atoms. The fourth-order valence-corrected chi connectivity index (χ4v) is 4.95. The molecule has 1 saturated heterocycles. The molecule has 0 aliphatic carbocycles. The number of nitrogens with one attached hydrogen (secondary N) is 1. The van der Waals surface area contributed by atoms with Gasteiger partial charge < -0.3 is 5.32 Å². The van der Waals surface area contributed by atoms with Crippen molar-refractivity contribution in [2.45, 2.75) is 37.6 Å². The number of carbonyl (C=O) groups excluding carboxylic acids is 1. The first-order valence-electron chi connectivity index (χ1n) is 10.0. The van der Waals surface area contributed by atoms with Gasteiger partial charge in [0.1, 0.15) is 0 Å². The number of nitrogens with zero attached hydrogens (tertiary/aromatic N) is 2. The summed E-state index contributed by atoms with van der Waals surface area (Å²) in [5.41, 5.74) is 1.98. The van der Waals surface area contributed by atoms with Crippen molar-refractivity contribution in [3.8, 4) is 0 Å². The molecule has 6 nitrogen and oxygen atoms in total. The van der Waals surface area contributed by atoms with E-state index in [1.165, 1.54) is 23.5 Å². The Morgan fingerprint density at radius 3 is 2.62 bits per heavy atom. The first-order valence-corrected chi connectivity index (χ1v) is 11.4. The lowest BCUT2D eigenvalue weighted by atomic mass is 10.2. The van der Waals surface area contributed by atoms with Gasteiger partial charge in [0.15, 0.2) is 0 Å². The Labute approximate surface area is 173 Å². The van der Waals surface area contributed by atoms with Gasteiger partial charge in [0.2, 0.25) is 0 Å². The molecular weight excluding hydrogens is 386 g/mol. The summed E-state index contributed by atoms with van der Waals surface area (Å²) in [4.78, 5) is 15.1. The zero-order chi connectivity index (χ0) is 21.0. The smallest absolute Gasteiger partial charge is 0.264 e. The highest BCUT2D eigenvalue weighted by Crippen LogP contribution is 2.23. The first kappa shape index (κ1) is 21.3. The maximum atomic E-state index is 13.0. The Balaban J connectivity index is 1.74. The van der Waals surface area contributed by atoms with Crippen LogP contribution in [0.5, 0.6) is 0 Å².